The van der Waals surface area contributed by atoms with Crippen LogP contribution in [-0.4, -0.2) is 10.6 Å². The smallest absolute Gasteiger partial charge is 0.166 e. The minimum atomic E-state index is -4.20. The molecule has 0 aromatic rings. The van der Waals surface area contributed by atoms with E-state index in [1.54, 1.807) is 0 Å². The van der Waals surface area contributed by atoms with Crippen LogP contribution in [0.3, 0.4) is 0 Å². The van der Waals surface area contributed by atoms with Crippen molar-refractivity contribution in [3.63, 3.8) is 0 Å². The van der Waals surface area contributed by atoms with Crippen LogP contribution >= 0.6 is 22.6 Å². The van der Waals surface area contributed by atoms with Crippen LogP contribution in [0.2, 0.25) is 0 Å². The van der Waals surface area contributed by atoms with Crippen LogP contribution in [0.15, 0.2) is 24.3 Å². The summed E-state index contributed by atoms with van der Waals surface area (Å²) >= 11 is 1.87. The molecule has 0 atom stereocenters. The van der Waals surface area contributed by atoms with E-state index in [9.17, 15) is 13.2 Å². The van der Waals surface area contributed by atoms with Crippen molar-refractivity contribution in [3.8, 4) is 0 Å². The van der Waals surface area contributed by atoms with Crippen LogP contribution in [0.25, 0.3) is 0 Å². The summed E-state index contributed by atoms with van der Waals surface area (Å²) in [5, 5.41) is 0. The van der Waals surface area contributed by atoms with Crippen molar-refractivity contribution in [2.45, 2.75) is 12.6 Å². The second-order valence-corrected chi connectivity index (χ2v) is 2.76. The lowest BCUT2D eigenvalue weighted by Crippen LogP contribution is -2.11. The predicted molar refractivity (Wildman–Crippen MR) is 47.8 cm³/mol. The molecule has 0 aromatic heterocycles. The normalized spacial score (nSPS) is 13.3. The molecular weight excluding hydrogens is 268 g/mol. The molecule has 11 heavy (non-hydrogen) atoms. The molecule has 0 unspecified atom stereocenters. The highest BCUT2D eigenvalue weighted by Crippen LogP contribution is 2.28. The molecule has 0 rings (SSSR count). The Hall–Kier alpha value is -0.0000000000000000555. The van der Waals surface area contributed by atoms with Crippen molar-refractivity contribution in [3.05, 3.63) is 24.3 Å². The van der Waals surface area contributed by atoms with Gasteiger partial charge in [-0.25, -0.2) is 0 Å². The average Bonchev–Trinajstić information content (AvgIpc) is 1.85. The van der Waals surface area contributed by atoms with Gasteiger partial charge in [0.2, 0.25) is 0 Å². The fraction of sp³-hybridized carbons (Fsp3) is 0.429. The summed E-state index contributed by atoms with van der Waals surface area (Å²) in [4.78, 5) is 0. The maximum Gasteiger partial charge on any atom is 0.412 e. The average molecular weight is 276 g/mol. The van der Waals surface area contributed by atoms with Gasteiger partial charge in [0.1, 0.15) is 0 Å². The molecule has 0 saturated heterocycles. The molecular formula is C7H8F3I. The fourth-order valence-corrected chi connectivity index (χ4v) is 1.10. The molecule has 0 aliphatic heterocycles. The Morgan fingerprint density at radius 3 is 2.27 bits per heavy atom. The van der Waals surface area contributed by atoms with Crippen LogP contribution in [0.4, 0.5) is 13.2 Å². The zero-order valence-corrected chi connectivity index (χ0v) is 7.95. The van der Waals surface area contributed by atoms with E-state index in [4.69, 9.17) is 0 Å². The van der Waals surface area contributed by atoms with E-state index < -0.39 is 11.7 Å². The van der Waals surface area contributed by atoms with E-state index in [2.05, 4.69) is 6.58 Å². The highest BCUT2D eigenvalue weighted by Gasteiger charge is 2.31. The highest BCUT2D eigenvalue weighted by atomic mass is 127. The molecule has 64 valence electrons. The summed E-state index contributed by atoms with van der Waals surface area (Å²) in [7, 11) is 0. The minimum Gasteiger partial charge on any atom is -0.166 e. The largest absolute Gasteiger partial charge is 0.412 e. The van der Waals surface area contributed by atoms with Gasteiger partial charge in [0.25, 0.3) is 0 Å². The van der Waals surface area contributed by atoms with Crippen LogP contribution in [-0.2, 0) is 0 Å². The zero-order valence-electron chi connectivity index (χ0n) is 5.79. The molecule has 0 aromatic carbocycles. The molecule has 0 heterocycles. The minimum absolute atomic E-state index is 0.105. The first-order chi connectivity index (χ1) is 5.02. The lowest BCUT2D eigenvalue weighted by molar-refractivity contribution is -0.0929. The standard InChI is InChI=1S/C7H8F3I/c1-2-3-6(4-5-11)7(8,9)10/h2,4H,1,3,5H2/b6-4+. The first-order valence-corrected chi connectivity index (χ1v) is 4.48. The topological polar surface area (TPSA) is 0 Å². The predicted octanol–water partition coefficient (Wildman–Crippen LogP) is 3.49. The molecule has 0 amide bonds. The van der Waals surface area contributed by atoms with Crippen molar-refractivity contribution in [1.29, 1.82) is 0 Å². The van der Waals surface area contributed by atoms with E-state index in [-0.39, 0.29) is 6.42 Å². The third kappa shape index (κ3) is 4.44. The second-order valence-electron chi connectivity index (χ2n) is 1.87. The fourth-order valence-electron chi connectivity index (χ4n) is 0.563. The van der Waals surface area contributed by atoms with Crippen molar-refractivity contribution in [2.24, 2.45) is 0 Å². The number of alkyl halides is 4. The van der Waals surface area contributed by atoms with Gasteiger partial charge in [-0.1, -0.05) is 34.7 Å². The Labute approximate surface area is 77.3 Å². The first kappa shape index (κ1) is 11.0. The van der Waals surface area contributed by atoms with Gasteiger partial charge in [0.15, 0.2) is 0 Å². The number of halogens is 4. The lowest BCUT2D eigenvalue weighted by atomic mass is 10.2. The van der Waals surface area contributed by atoms with E-state index in [0.717, 1.165) is 0 Å². The molecule has 4 heteroatoms. The molecule has 0 spiro atoms. The van der Waals surface area contributed by atoms with Crippen LogP contribution in [0.5, 0.6) is 0 Å². The van der Waals surface area contributed by atoms with Crippen LogP contribution in [0.1, 0.15) is 6.42 Å². The lowest BCUT2D eigenvalue weighted by Gasteiger charge is -2.08. The van der Waals surface area contributed by atoms with Gasteiger partial charge < -0.3 is 0 Å². The number of allylic oxidation sites excluding steroid dienone is 3. The molecule has 0 aliphatic rings. The molecule has 0 aliphatic carbocycles. The maximum absolute atomic E-state index is 12.0. The third-order valence-corrected chi connectivity index (χ3v) is 1.49. The van der Waals surface area contributed by atoms with Crippen LogP contribution in [0, 0.1) is 0 Å². The van der Waals surface area contributed by atoms with Gasteiger partial charge in [-0.2, -0.15) is 13.2 Å². The quantitative estimate of drug-likeness (QED) is 0.420. The SMILES string of the molecule is C=CC/C(=C\CI)C(F)(F)F. The summed E-state index contributed by atoms with van der Waals surface area (Å²) in [6, 6.07) is 0. The van der Waals surface area contributed by atoms with Crippen LogP contribution < -0.4 is 0 Å². The van der Waals surface area contributed by atoms with Crippen molar-refractivity contribution >= 4 is 22.6 Å². The van der Waals surface area contributed by atoms with E-state index >= 15 is 0 Å². The Morgan fingerprint density at radius 1 is 1.45 bits per heavy atom. The molecule has 0 radical (unpaired) electrons. The summed E-state index contributed by atoms with van der Waals surface area (Å²) in [5.74, 6) is 0. The van der Waals surface area contributed by atoms with E-state index in [0.29, 0.717) is 4.43 Å². The first-order valence-electron chi connectivity index (χ1n) is 2.95. The van der Waals surface area contributed by atoms with Gasteiger partial charge in [-0.05, 0) is 6.42 Å². The molecule has 0 fully saturated rings. The number of hydrogen-bond donors (Lipinski definition) is 0. The molecule has 0 bridgehead atoms. The summed E-state index contributed by atoms with van der Waals surface area (Å²) in [6.07, 6.45) is -1.88. The third-order valence-electron chi connectivity index (χ3n) is 1.05. The number of hydrogen-bond acceptors (Lipinski definition) is 0. The van der Waals surface area contributed by atoms with Crippen molar-refractivity contribution < 1.29 is 13.2 Å². The monoisotopic (exact) mass is 276 g/mol. The Morgan fingerprint density at radius 2 is 2.00 bits per heavy atom. The van der Waals surface area contributed by atoms with Crippen molar-refractivity contribution in [1.82, 2.24) is 0 Å². The highest BCUT2D eigenvalue weighted by molar-refractivity contribution is 14.1. The molecule has 0 N–H and O–H groups in total. The van der Waals surface area contributed by atoms with E-state index in [1.165, 1.54) is 12.2 Å². The van der Waals surface area contributed by atoms with Gasteiger partial charge in [-0.15, -0.1) is 6.58 Å². The molecule has 0 nitrogen and oxygen atoms in total. The van der Waals surface area contributed by atoms with Gasteiger partial charge in [0, 0.05) is 10.0 Å². The number of rotatable bonds is 3. The Balaban J connectivity index is 4.34. The Bertz CT molecular complexity index is 158. The summed E-state index contributed by atoms with van der Waals surface area (Å²) in [6.45, 7) is 3.25. The van der Waals surface area contributed by atoms with Gasteiger partial charge >= 0.3 is 6.18 Å². The van der Waals surface area contributed by atoms with Gasteiger partial charge in [0.05, 0.1) is 0 Å². The summed E-state index contributed by atoms with van der Waals surface area (Å²) < 4.78 is 36.3. The Kier molecular flexibility index (Phi) is 4.79. The van der Waals surface area contributed by atoms with E-state index in [1.807, 2.05) is 22.6 Å². The maximum atomic E-state index is 12.0. The molecule has 0 saturated carbocycles. The zero-order chi connectivity index (χ0) is 8.91. The summed E-state index contributed by atoms with van der Waals surface area (Å²) in [5.41, 5.74) is -0.512. The van der Waals surface area contributed by atoms with Gasteiger partial charge in [-0.3, -0.25) is 0 Å². The van der Waals surface area contributed by atoms with Crippen molar-refractivity contribution in [2.75, 3.05) is 4.43 Å². The second kappa shape index (κ2) is 4.79.